The summed E-state index contributed by atoms with van der Waals surface area (Å²) in [6.07, 6.45) is 5.38. The number of hydrogen-bond donors (Lipinski definition) is 3. The zero-order chi connectivity index (χ0) is 33.0. The van der Waals surface area contributed by atoms with E-state index in [4.69, 9.17) is 14.2 Å². The van der Waals surface area contributed by atoms with Crippen molar-refractivity contribution in [3.63, 3.8) is 0 Å². The highest BCUT2D eigenvalue weighted by Crippen LogP contribution is 2.59. The molecular weight excluding hydrogens is 594 g/mol. The number of nitrogens with one attached hydrogen (secondary N) is 3. The van der Waals surface area contributed by atoms with Gasteiger partial charge in [-0.15, -0.1) is 11.8 Å². The maximum atomic E-state index is 12.9. The van der Waals surface area contributed by atoms with Gasteiger partial charge in [0.2, 0.25) is 11.8 Å². The molecule has 1 aromatic carbocycles. The van der Waals surface area contributed by atoms with Gasteiger partial charge in [0.25, 0.3) is 0 Å². The minimum absolute atomic E-state index is 0.0405. The number of benzene rings is 1. The van der Waals surface area contributed by atoms with Gasteiger partial charge in [-0.1, -0.05) is 32.4 Å². The molecule has 3 aliphatic rings. The minimum Gasteiger partial charge on any atom is -0.379 e. The quantitative estimate of drug-likeness (QED) is 0.148. The molecule has 0 unspecified atom stereocenters. The molecular formula is C34H49N3O7S. The Morgan fingerprint density at radius 3 is 2.38 bits per heavy atom. The van der Waals surface area contributed by atoms with Crippen molar-refractivity contribution in [3.8, 4) is 0 Å². The third-order valence-electron chi connectivity index (χ3n) is 9.02. The zero-order valence-corrected chi connectivity index (χ0v) is 28.4. The molecule has 0 radical (unpaired) electrons. The molecule has 1 saturated carbocycles. The Labute approximate surface area is 271 Å². The highest BCUT2D eigenvalue weighted by Gasteiger charge is 2.71. The first-order valence-electron chi connectivity index (χ1n) is 15.8. The standard InChI is InChI=1S/C34H49N3O7S/c1-21(2)11-16-26-33(6,44-26)30-29(42-7)24(17-18-34(30)20-43-34)36-31(41)37-28(40)19-45-23-14-12-22(13-15-23)35-27(39)10-8-9-25(38)32(3,4)5/h11-15,24,26,29-30H,8-10,16-20H2,1-7H3,(H,35,39)(H2,36,37,40,41)/t24-,26-,29-,30-,33+,34+/m1/s1. The molecule has 4 rings (SSSR count). The zero-order valence-electron chi connectivity index (χ0n) is 27.6. The van der Waals surface area contributed by atoms with Gasteiger partial charge in [-0.2, -0.15) is 0 Å². The summed E-state index contributed by atoms with van der Waals surface area (Å²) in [5.74, 6) is -0.409. The first-order chi connectivity index (χ1) is 21.2. The van der Waals surface area contributed by atoms with E-state index in [1.807, 2.05) is 32.9 Å². The normalized spacial score (nSPS) is 28.6. The smallest absolute Gasteiger partial charge is 0.321 e. The molecule has 248 valence electrons. The van der Waals surface area contributed by atoms with E-state index in [1.54, 1.807) is 19.2 Å². The van der Waals surface area contributed by atoms with E-state index >= 15 is 0 Å². The van der Waals surface area contributed by atoms with Gasteiger partial charge in [0, 0.05) is 41.9 Å². The minimum atomic E-state index is -0.552. The van der Waals surface area contributed by atoms with Crippen LogP contribution in [0.2, 0.25) is 0 Å². The van der Waals surface area contributed by atoms with E-state index < -0.39 is 23.0 Å². The predicted molar refractivity (Wildman–Crippen MR) is 174 cm³/mol. The van der Waals surface area contributed by atoms with Crippen LogP contribution in [0, 0.1) is 11.3 Å². The van der Waals surface area contributed by atoms with E-state index in [-0.39, 0.29) is 53.6 Å². The molecule has 4 amide bonds. The Morgan fingerprint density at radius 2 is 1.78 bits per heavy atom. The van der Waals surface area contributed by atoms with Crippen LogP contribution in [0.1, 0.15) is 80.1 Å². The predicted octanol–water partition coefficient (Wildman–Crippen LogP) is 5.40. The van der Waals surface area contributed by atoms with Crippen molar-refractivity contribution in [2.75, 3.05) is 24.8 Å². The number of carbonyl (C=O) groups is 4. The fourth-order valence-electron chi connectivity index (χ4n) is 6.30. The topological polar surface area (TPSA) is 139 Å². The lowest BCUT2D eigenvalue weighted by Crippen LogP contribution is -2.60. The Kier molecular flexibility index (Phi) is 11.2. The number of hydrogen-bond acceptors (Lipinski definition) is 8. The molecule has 1 aromatic rings. The summed E-state index contributed by atoms with van der Waals surface area (Å²) in [5.41, 5.74) is 0.792. The van der Waals surface area contributed by atoms with Gasteiger partial charge in [-0.3, -0.25) is 19.7 Å². The number of anilines is 1. The average Bonchev–Trinajstić information content (AvgIpc) is 3.88. The lowest BCUT2D eigenvalue weighted by molar-refractivity contribution is -0.126. The fraction of sp³-hybridized carbons (Fsp3) is 0.647. The number of epoxide rings is 2. The molecule has 3 N–H and O–H groups in total. The van der Waals surface area contributed by atoms with Crippen molar-refractivity contribution < 1.29 is 33.4 Å². The first kappa shape index (κ1) is 35.1. The molecule has 0 aromatic heterocycles. The SMILES string of the molecule is CO[C@@H]1[C@H](NC(=O)NC(=O)CSc2ccc(NC(=O)CCCC(=O)C(C)(C)C)cc2)CC[C@]2(CO2)[C@H]1[C@@]1(C)O[C@@H]1CC=C(C)C. The number of rotatable bonds is 13. The number of ketones is 1. The molecule has 1 spiro atoms. The van der Waals surface area contributed by atoms with Crippen LogP contribution >= 0.6 is 11.8 Å². The van der Waals surface area contributed by atoms with Crippen LogP contribution in [-0.2, 0) is 28.6 Å². The molecule has 2 heterocycles. The van der Waals surface area contributed by atoms with Crippen LogP contribution in [0.5, 0.6) is 0 Å². The monoisotopic (exact) mass is 643 g/mol. The van der Waals surface area contributed by atoms with E-state index in [1.165, 1.54) is 17.3 Å². The van der Waals surface area contributed by atoms with E-state index in [0.29, 0.717) is 31.6 Å². The van der Waals surface area contributed by atoms with Crippen molar-refractivity contribution in [3.05, 3.63) is 35.9 Å². The largest absolute Gasteiger partial charge is 0.379 e. The number of allylic oxidation sites excluding steroid dienone is 1. The number of imide groups is 1. The van der Waals surface area contributed by atoms with E-state index in [2.05, 4.69) is 42.8 Å². The van der Waals surface area contributed by atoms with Crippen molar-refractivity contribution in [2.45, 2.75) is 114 Å². The third kappa shape index (κ3) is 9.18. The summed E-state index contributed by atoms with van der Waals surface area (Å²) in [6.45, 7) is 12.5. The fourth-order valence-corrected chi connectivity index (χ4v) is 7.00. The summed E-state index contributed by atoms with van der Waals surface area (Å²) < 4.78 is 18.2. The summed E-state index contributed by atoms with van der Waals surface area (Å²) in [7, 11) is 1.65. The number of urea groups is 1. The van der Waals surface area contributed by atoms with Gasteiger partial charge >= 0.3 is 6.03 Å². The van der Waals surface area contributed by atoms with Crippen molar-refractivity contribution in [1.29, 1.82) is 0 Å². The highest BCUT2D eigenvalue weighted by molar-refractivity contribution is 8.00. The van der Waals surface area contributed by atoms with E-state index in [0.717, 1.165) is 17.7 Å². The maximum Gasteiger partial charge on any atom is 0.321 e. The van der Waals surface area contributed by atoms with Crippen LogP contribution in [0.3, 0.4) is 0 Å². The number of thioether (sulfide) groups is 1. The van der Waals surface area contributed by atoms with Crippen LogP contribution in [-0.4, -0.2) is 72.6 Å². The summed E-state index contributed by atoms with van der Waals surface area (Å²) in [5, 5.41) is 8.26. The molecule has 6 atom stereocenters. The molecule has 45 heavy (non-hydrogen) atoms. The Bertz CT molecular complexity index is 1280. The average molecular weight is 644 g/mol. The molecule has 2 saturated heterocycles. The lowest BCUT2D eigenvalue weighted by Gasteiger charge is -2.43. The van der Waals surface area contributed by atoms with Crippen molar-refractivity contribution in [2.24, 2.45) is 11.3 Å². The second kappa shape index (κ2) is 14.4. The second-order valence-corrected chi connectivity index (χ2v) is 14.9. The van der Waals surface area contributed by atoms with Crippen LogP contribution in [0.25, 0.3) is 0 Å². The Hall–Kier alpha value is -2.73. The van der Waals surface area contributed by atoms with Crippen LogP contribution < -0.4 is 16.0 Å². The molecule has 10 nitrogen and oxygen atoms in total. The number of carbonyl (C=O) groups excluding carboxylic acids is 4. The third-order valence-corrected chi connectivity index (χ3v) is 10.0. The van der Waals surface area contributed by atoms with E-state index in [9.17, 15) is 19.2 Å². The maximum absolute atomic E-state index is 12.9. The first-order valence-corrected chi connectivity index (χ1v) is 16.8. The summed E-state index contributed by atoms with van der Waals surface area (Å²) in [6, 6.07) is 6.30. The van der Waals surface area contributed by atoms with Gasteiger partial charge < -0.3 is 24.8 Å². The summed E-state index contributed by atoms with van der Waals surface area (Å²) >= 11 is 1.29. The Balaban J connectivity index is 1.21. The number of ether oxygens (including phenoxy) is 3. The van der Waals surface area contributed by atoms with Crippen molar-refractivity contribution >= 4 is 41.1 Å². The van der Waals surface area contributed by atoms with Crippen LogP contribution in [0.15, 0.2) is 40.8 Å². The van der Waals surface area contributed by atoms with Crippen LogP contribution in [0.4, 0.5) is 10.5 Å². The molecule has 11 heteroatoms. The highest BCUT2D eigenvalue weighted by atomic mass is 32.2. The van der Waals surface area contributed by atoms with Gasteiger partial charge in [0.15, 0.2) is 0 Å². The number of Topliss-reactive ketones (excluding diaryl/α,β-unsaturated/α-hetero) is 1. The second-order valence-electron chi connectivity index (χ2n) is 13.9. The van der Waals surface area contributed by atoms with Gasteiger partial charge in [-0.25, -0.2) is 4.79 Å². The lowest BCUT2D eigenvalue weighted by atomic mass is 9.67. The number of amides is 4. The molecule has 1 aliphatic carbocycles. The van der Waals surface area contributed by atoms with Gasteiger partial charge in [0.1, 0.15) is 11.4 Å². The Morgan fingerprint density at radius 1 is 1.09 bits per heavy atom. The summed E-state index contributed by atoms with van der Waals surface area (Å²) in [4.78, 5) is 50.6. The molecule has 0 bridgehead atoms. The molecule has 2 aliphatic heterocycles. The number of methoxy groups -OCH3 is 1. The van der Waals surface area contributed by atoms with Gasteiger partial charge in [0.05, 0.1) is 36.2 Å². The van der Waals surface area contributed by atoms with Gasteiger partial charge in [-0.05, 0) is 70.7 Å². The molecule has 3 fully saturated rings. The van der Waals surface area contributed by atoms with Crippen molar-refractivity contribution in [1.82, 2.24) is 10.6 Å².